The smallest absolute Gasteiger partial charge is 0.0328 e. The van der Waals surface area contributed by atoms with Crippen molar-refractivity contribution < 1.29 is 0 Å². The van der Waals surface area contributed by atoms with E-state index in [9.17, 15) is 0 Å². The molecule has 0 spiro atoms. The summed E-state index contributed by atoms with van der Waals surface area (Å²) in [4.78, 5) is 0. The summed E-state index contributed by atoms with van der Waals surface area (Å²) >= 11 is 3.50. The van der Waals surface area contributed by atoms with Gasteiger partial charge in [-0.3, -0.25) is 0 Å². The standard InChI is InChI=1S/C18H30BrN/c1-2-3-4-5-6-7-8-9-10-11-12-16-13-17(19)15-18(20)14-16/h13-15H,2-12,20H2,1H3. The largest absolute Gasteiger partial charge is 0.399 e. The van der Waals surface area contributed by atoms with Crippen LogP contribution in [0.3, 0.4) is 0 Å². The first-order chi connectivity index (χ1) is 9.72. The van der Waals surface area contributed by atoms with Crippen LogP contribution < -0.4 is 5.73 Å². The highest BCUT2D eigenvalue weighted by atomic mass is 79.9. The second-order valence-corrected chi connectivity index (χ2v) is 6.74. The Morgan fingerprint density at radius 1 is 0.800 bits per heavy atom. The maximum atomic E-state index is 5.85. The van der Waals surface area contributed by atoms with Crippen molar-refractivity contribution in [3.8, 4) is 0 Å². The van der Waals surface area contributed by atoms with Gasteiger partial charge in [0.1, 0.15) is 0 Å². The van der Waals surface area contributed by atoms with Gasteiger partial charge in [-0.25, -0.2) is 0 Å². The predicted molar refractivity (Wildman–Crippen MR) is 94.1 cm³/mol. The molecule has 2 N–H and O–H groups in total. The molecule has 1 aromatic carbocycles. The normalized spacial score (nSPS) is 10.9. The highest BCUT2D eigenvalue weighted by Gasteiger charge is 1.98. The Labute approximate surface area is 133 Å². The van der Waals surface area contributed by atoms with Crippen molar-refractivity contribution in [1.82, 2.24) is 0 Å². The Kier molecular flexibility index (Phi) is 9.82. The molecular formula is C18H30BrN. The monoisotopic (exact) mass is 339 g/mol. The van der Waals surface area contributed by atoms with Gasteiger partial charge in [-0.15, -0.1) is 0 Å². The van der Waals surface area contributed by atoms with E-state index in [0.29, 0.717) is 0 Å². The van der Waals surface area contributed by atoms with Crippen LogP contribution in [0.4, 0.5) is 5.69 Å². The Balaban J connectivity index is 1.97. The number of hydrogen-bond acceptors (Lipinski definition) is 1. The second-order valence-electron chi connectivity index (χ2n) is 5.82. The van der Waals surface area contributed by atoms with E-state index in [4.69, 9.17) is 5.73 Å². The number of hydrogen-bond donors (Lipinski definition) is 1. The molecule has 1 nitrogen and oxygen atoms in total. The van der Waals surface area contributed by atoms with Crippen LogP contribution in [0.2, 0.25) is 0 Å². The average molecular weight is 340 g/mol. The lowest BCUT2D eigenvalue weighted by atomic mass is 10.0. The Hall–Kier alpha value is -0.500. The highest BCUT2D eigenvalue weighted by Crippen LogP contribution is 2.19. The first-order valence-corrected chi connectivity index (χ1v) is 9.06. The topological polar surface area (TPSA) is 26.0 Å². The third-order valence-corrected chi connectivity index (χ3v) is 4.26. The zero-order chi connectivity index (χ0) is 14.6. The van der Waals surface area contributed by atoms with E-state index in [0.717, 1.165) is 16.6 Å². The van der Waals surface area contributed by atoms with E-state index in [2.05, 4.69) is 35.0 Å². The minimum Gasteiger partial charge on any atom is -0.399 e. The summed E-state index contributed by atoms with van der Waals surface area (Å²) in [7, 11) is 0. The maximum absolute atomic E-state index is 5.85. The summed E-state index contributed by atoms with van der Waals surface area (Å²) in [6, 6.07) is 6.24. The Morgan fingerprint density at radius 2 is 1.35 bits per heavy atom. The summed E-state index contributed by atoms with van der Waals surface area (Å²) in [5.74, 6) is 0. The molecule has 0 aliphatic heterocycles. The van der Waals surface area contributed by atoms with Crippen molar-refractivity contribution >= 4 is 21.6 Å². The number of nitrogen functional groups attached to an aromatic ring is 1. The first kappa shape index (κ1) is 17.6. The molecule has 1 aromatic rings. The number of aryl methyl sites for hydroxylation is 1. The van der Waals surface area contributed by atoms with Crippen LogP contribution in [-0.4, -0.2) is 0 Å². The van der Waals surface area contributed by atoms with E-state index in [1.807, 2.05) is 6.07 Å². The lowest BCUT2D eigenvalue weighted by Gasteiger charge is -2.05. The van der Waals surface area contributed by atoms with Crippen LogP contribution in [0.15, 0.2) is 22.7 Å². The van der Waals surface area contributed by atoms with Crippen molar-refractivity contribution in [3.05, 3.63) is 28.2 Å². The molecule has 1 rings (SSSR count). The molecule has 0 unspecified atom stereocenters. The lowest BCUT2D eigenvalue weighted by Crippen LogP contribution is -1.91. The number of halogens is 1. The number of nitrogens with two attached hydrogens (primary N) is 1. The molecule has 0 heterocycles. The van der Waals surface area contributed by atoms with Crippen LogP contribution >= 0.6 is 15.9 Å². The van der Waals surface area contributed by atoms with Gasteiger partial charge in [0.15, 0.2) is 0 Å². The molecular weight excluding hydrogens is 310 g/mol. The SMILES string of the molecule is CCCCCCCCCCCCc1cc(N)cc(Br)c1. The fraction of sp³-hybridized carbons (Fsp3) is 0.667. The molecule has 0 aromatic heterocycles. The van der Waals surface area contributed by atoms with Crippen molar-refractivity contribution in [2.24, 2.45) is 0 Å². The fourth-order valence-electron chi connectivity index (χ4n) is 2.64. The molecule has 0 saturated heterocycles. The summed E-state index contributed by atoms with van der Waals surface area (Å²) < 4.78 is 1.10. The number of anilines is 1. The van der Waals surface area contributed by atoms with Gasteiger partial charge in [-0.05, 0) is 36.6 Å². The molecule has 0 radical (unpaired) electrons. The molecule has 114 valence electrons. The zero-order valence-electron chi connectivity index (χ0n) is 13.0. The van der Waals surface area contributed by atoms with Crippen LogP contribution in [-0.2, 0) is 6.42 Å². The molecule has 0 bridgehead atoms. The molecule has 0 aliphatic rings. The predicted octanol–water partition coefficient (Wildman–Crippen LogP) is 6.49. The fourth-order valence-corrected chi connectivity index (χ4v) is 3.19. The molecule has 0 fully saturated rings. The van der Waals surface area contributed by atoms with Crippen LogP contribution in [0.1, 0.15) is 76.7 Å². The van der Waals surface area contributed by atoms with Gasteiger partial charge in [0, 0.05) is 10.2 Å². The van der Waals surface area contributed by atoms with E-state index < -0.39 is 0 Å². The maximum Gasteiger partial charge on any atom is 0.0328 e. The summed E-state index contributed by atoms with van der Waals surface area (Å²) in [6.07, 6.45) is 15.1. The van der Waals surface area contributed by atoms with Crippen molar-refractivity contribution in [3.63, 3.8) is 0 Å². The van der Waals surface area contributed by atoms with E-state index in [1.54, 1.807) is 0 Å². The van der Waals surface area contributed by atoms with Crippen molar-refractivity contribution in [2.75, 3.05) is 5.73 Å². The third kappa shape index (κ3) is 8.63. The van der Waals surface area contributed by atoms with Gasteiger partial charge in [-0.2, -0.15) is 0 Å². The Morgan fingerprint density at radius 3 is 1.90 bits per heavy atom. The first-order valence-electron chi connectivity index (χ1n) is 8.27. The van der Waals surface area contributed by atoms with E-state index >= 15 is 0 Å². The molecule has 0 saturated carbocycles. The Bertz CT molecular complexity index is 342. The molecule has 20 heavy (non-hydrogen) atoms. The number of unbranched alkanes of at least 4 members (excludes halogenated alkanes) is 9. The molecule has 2 heteroatoms. The van der Waals surface area contributed by atoms with Crippen LogP contribution in [0.5, 0.6) is 0 Å². The van der Waals surface area contributed by atoms with E-state index in [-0.39, 0.29) is 0 Å². The van der Waals surface area contributed by atoms with Crippen LogP contribution in [0, 0.1) is 0 Å². The van der Waals surface area contributed by atoms with Gasteiger partial charge in [-0.1, -0.05) is 80.6 Å². The lowest BCUT2D eigenvalue weighted by molar-refractivity contribution is 0.556. The van der Waals surface area contributed by atoms with Gasteiger partial charge in [0.2, 0.25) is 0 Å². The molecule has 0 atom stereocenters. The van der Waals surface area contributed by atoms with Gasteiger partial charge < -0.3 is 5.73 Å². The van der Waals surface area contributed by atoms with Crippen molar-refractivity contribution in [2.45, 2.75) is 77.6 Å². The van der Waals surface area contributed by atoms with Crippen molar-refractivity contribution in [1.29, 1.82) is 0 Å². The highest BCUT2D eigenvalue weighted by molar-refractivity contribution is 9.10. The van der Waals surface area contributed by atoms with Gasteiger partial charge >= 0.3 is 0 Å². The molecule has 0 aliphatic carbocycles. The second kappa shape index (κ2) is 11.2. The van der Waals surface area contributed by atoms with Crippen LogP contribution in [0.25, 0.3) is 0 Å². The number of benzene rings is 1. The average Bonchev–Trinajstić information content (AvgIpc) is 2.40. The van der Waals surface area contributed by atoms with Gasteiger partial charge in [0.25, 0.3) is 0 Å². The third-order valence-electron chi connectivity index (χ3n) is 3.80. The summed E-state index contributed by atoms with van der Waals surface area (Å²) in [6.45, 7) is 2.28. The minimum atomic E-state index is 0.862. The van der Waals surface area contributed by atoms with E-state index in [1.165, 1.54) is 69.8 Å². The minimum absolute atomic E-state index is 0.862. The number of rotatable bonds is 11. The summed E-state index contributed by atoms with van der Waals surface area (Å²) in [5.41, 5.74) is 8.07. The zero-order valence-corrected chi connectivity index (χ0v) is 14.6. The summed E-state index contributed by atoms with van der Waals surface area (Å²) in [5, 5.41) is 0. The van der Waals surface area contributed by atoms with Gasteiger partial charge in [0.05, 0.1) is 0 Å². The molecule has 0 amide bonds. The quantitative estimate of drug-likeness (QED) is 0.361.